The zero-order valence-corrected chi connectivity index (χ0v) is 8.22. The molecule has 1 amide bonds. The van der Waals surface area contributed by atoms with E-state index in [1.807, 2.05) is 12.2 Å². The fourth-order valence-corrected chi connectivity index (χ4v) is 2.52. The fraction of sp³-hybridized carbons (Fsp3) is 0.600. The molecule has 2 N–H and O–H groups in total. The van der Waals surface area contributed by atoms with Gasteiger partial charge in [-0.25, -0.2) is 9.59 Å². The Labute approximate surface area is 87.0 Å². The molecule has 2 aliphatic rings. The molecule has 0 unspecified atom stereocenters. The molecule has 2 rings (SSSR count). The third-order valence-electron chi connectivity index (χ3n) is 3.31. The monoisotopic (exact) mass is 211 g/mol. The highest BCUT2D eigenvalue weighted by atomic mass is 16.4. The third-order valence-corrected chi connectivity index (χ3v) is 3.31. The lowest BCUT2D eigenvalue weighted by Gasteiger charge is -2.21. The SMILES string of the molecule is O=C(O)[C@@H]1CC2(CC=CC2)CN1C(=O)O. The molecule has 1 saturated heterocycles. The van der Waals surface area contributed by atoms with Crippen molar-refractivity contribution in [3.8, 4) is 0 Å². The van der Waals surface area contributed by atoms with Crippen molar-refractivity contribution in [3.63, 3.8) is 0 Å². The second-order valence-electron chi connectivity index (χ2n) is 4.35. The molecule has 0 radical (unpaired) electrons. The van der Waals surface area contributed by atoms with Crippen molar-refractivity contribution in [2.45, 2.75) is 25.3 Å². The number of likely N-dealkylation sites (tertiary alicyclic amines) is 1. The zero-order chi connectivity index (χ0) is 11.1. The van der Waals surface area contributed by atoms with Crippen LogP contribution in [0.4, 0.5) is 4.79 Å². The normalized spacial score (nSPS) is 27.5. The van der Waals surface area contributed by atoms with Gasteiger partial charge < -0.3 is 10.2 Å². The number of carbonyl (C=O) groups is 2. The quantitative estimate of drug-likeness (QED) is 0.638. The van der Waals surface area contributed by atoms with Crippen molar-refractivity contribution in [1.29, 1.82) is 0 Å². The van der Waals surface area contributed by atoms with Crippen molar-refractivity contribution in [1.82, 2.24) is 4.90 Å². The summed E-state index contributed by atoms with van der Waals surface area (Å²) >= 11 is 0. The van der Waals surface area contributed by atoms with Crippen LogP contribution >= 0.6 is 0 Å². The number of nitrogens with zero attached hydrogens (tertiary/aromatic N) is 1. The van der Waals surface area contributed by atoms with E-state index in [9.17, 15) is 9.59 Å². The number of hydrogen-bond donors (Lipinski definition) is 2. The van der Waals surface area contributed by atoms with Crippen molar-refractivity contribution < 1.29 is 19.8 Å². The Balaban J connectivity index is 2.19. The summed E-state index contributed by atoms with van der Waals surface area (Å²) in [4.78, 5) is 22.9. The molecule has 0 aromatic carbocycles. The van der Waals surface area contributed by atoms with Crippen molar-refractivity contribution in [2.75, 3.05) is 6.54 Å². The molecule has 1 fully saturated rings. The van der Waals surface area contributed by atoms with Gasteiger partial charge in [0.1, 0.15) is 6.04 Å². The van der Waals surface area contributed by atoms with Gasteiger partial charge in [0, 0.05) is 6.54 Å². The van der Waals surface area contributed by atoms with Gasteiger partial charge in [0.25, 0.3) is 0 Å². The molecule has 15 heavy (non-hydrogen) atoms. The van der Waals surface area contributed by atoms with Crippen LogP contribution < -0.4 is 0 Å². The number of carboxylic acids is 1. The van der Waals surface area contributed by atoms with E-state index in [-0.39, 0.29) is 5.41 Å². The van der Waals surface area contributed by atoms with Gasteiger partial charge in [0.2, 0.25) is 0 Å². The Kier molecular flexibility index (Phi) is 2.17. The summed E-state index contributed by atoms with van der Waals surface area (Å²) in [7, 11) is 0. The molecule has 1 aliphatic heterocycles. The first-order valence-electron chi connectivity index (χ1n) is 4.91. The van der Waals surface area contributed by atoms with E-state index in [1.165, 1.54) is 0 Å². The first kappa shape index (κ1) is 10.0. The highest BCUT2D eigenvalue weighted by Crippen LogP contribution is 2.44. The average Bonchev–Trinajstić information content (AvgIpc) is 2.74. The first-order valence-corrected chi connectivity index (χ1v) is 4.91. The number of amides is 1. The van der Waals surface area contributed by atoms with E-state index in [0.29, 0.717) is 13.0 Å². The molecule has 1 atom stereocenters. The molecular formula is C10H13NO4. The van der Waals surface area contributed by atoms with Gasteiger partial charge in [-0.05, 0) is 24.7 Å². The van der Waals surface area contributed by atoms with E-state index >= 15 is 0 Å². The maximum atomic E-state index is 10.9. The van der Waals surface area contributed by atoms with Crippen LogP contribution in [0.3, 0.4) is 0 Å². The molecule has 0 bridgehead atoms. The highest BCUT2D eigenvalue weighted by Gasteiger charge is 2.48. The highest BCUT2D eigenvalue weighted by molar-refractivity contribution is 5.80. The maximum absolute atomic E-state index is 10.9. The summed E-state index contributed by atoms with van der Waals surface area (Å²) in [6.45, 7) is 0.340. The maximum Gasteiger partial charge on any atom is 0.408 e. The number of allylic oxidation sites excluding steroid dienone is 2. The molecule has 5 nitrogen and oxygen atoms in total. The largest absolute Gasteiger partial charge is 0.480 e. The van der Waals surface area contributed by atoms with Gasteiger partial charge in [0.05, 0.1) is 0 Å². The third kappa shape index (κ3) is 1.58. The van der Waals surface area contributed by atoms with E-state index in [2.05, 4.69) is 0 Å². The fourth-order valence-electron chi connectivity index (χ4n) is 2.52. The van der Waals surface area contributed by atoms with Crippen LogP contribution in [0.5, 0.6) is 0 Å². The zero-order valence-electron chi connectivity index (χ0n) is 8.22. The minimum atomic E-state index is -1.13. The standard InChI is InChI=1S/C10H13NO4/c12-8(13)7-5-10(3-1-2-4-10)6-11(7)9(14)15/h1-2,7H,3-6H2,(H,12,13)(H,14,15)/t7-/m0/s1. The van der Waals surface area contributed by atoms with E-state index < -0.39 is 18.1 Å². The van der Waals surface area contributed by atoms with Crippen LogP contribution in [0.25, 0.3) is 0 Å². The molecule has 0 aromatic rings. The smallest absolute Gasteiger partial charge is 0.408 e. The molecule has 1 aliphatic carbocycles. The van der Waals surface area contributed by atoms with Gasteiger partial charge in [-0.2, -0.15) is 0 Å². The van der Waals surface area contributed by atoms with Gasteiger partial charge in [-0.3, -0.25) is 4.90 Å². The Bertz CT molecular complexity index is 304. The molecule has 0 saturated carbocycles. The Hall–Kier alpha value is -1.52. The van der Waals surface area contributed by atoms with Gasteiger partial charge >= 0.3 is 12.1 Å². The summed E-state index contributed by atoms with van der Waals surface area (Å²) in [5.41, 5.74) is -0.151. The number of carboxylic acid groups (broad SMARTS) is 2. The van der Waals surface area contributed by atoms with Gasteiger partial charge in [0.15, 0.2) is 0 Å². The molecule has 5 heteroatoms. The summed E-state index contributed by atoms with van der Waals surface area (Å²) in [6, 6.07) is -0.873. The first-order chi connectivity index (χ1) is 7.04. The lowest BCUT2D eigenvalue weighted by atomic mass is 9.83. The summed E-state index contributed by atoms with van der Waals surface area (Å²) in [6.07, 6.45) is 4.89. The van der Waals surface area contributed by atoms with Gasteiger partial charge in [-0.15, -0.1) is 0 Å². The molecule has 0 aromatic heterocycles. The average molecular weight is 211 g/mol. The summed E-state index contributed by atoms with van der Waals surface area (Å²) in [5, 5.41) is 17.9. The Morgan fingerprint density at radius 2 is 1.87 bits per heavy atom. The van der Waals surface area contributed by atoms with Crippen LogP contribution in [0, 0.1) is 5.41 Å². The summed E-state index contributed by atoms with van der Waals surface area (Å²) in [5.74, 6) is -1.04. The topological polar surface area (TPSA) is 77.8 Å². The van der Waals surface area contributed by atoms with Crippen LogP contribution in [0.1, 0.15) is 19.3 Å². The predicted octanol–water partition coefficient (Wildman–Crippen LogP) is 1.16. The number of rotatable bonds is 1. The second-order valence-corrected chi connectivity index (χ2v) is 4.35. The van der Waals surface area contributed by atoms with E-state index in [0.717, 1.165) is 17.7 Å². The minimum Gasteiger partial charge on any atom is -0.480 e. The van der Waals surface area contributed by atoms with E-state index in [1.54, 1.807) is 0 Å². The lowest BCUT2D eigenvalue weighted by molar-refractivity contribution is -0.141. The molecule has 1 heterocycles. The number of aliphatic carboxylic acids is 1. The van der Waals surface area contributed by atoms with Crippen molar-refractivity contribution in [3.05, 3.63) is 12.2 Å². The van der Waals surface area contributed by atoms with Crippen molar-refractivity contribution in [2.24, 2.45) is 5.41 Å². The van der Waals surface area contributed by atoms with Crippen LogP contribution in [-0.2, 0) is 4.79 Å². The Morgan fingerprint density at radius 3 is 2.27 bits per heavy atom. The molecule has 82 valence electrons. The summed E-state index contributed by atoms with van der Waals surface area (Å²) < 4.78 is 0. The minimum absolute atomic E-state index is 0.151. The predicted molar refractivity (Wildman–Crippen MR) is 51.6 cm³/mol. The van der Waals surface area contributed by atoms with Crippen LogP contribution in [-0.4, -0.2) is 39.8 Å². The molecular weight excluding hydrogens is 198 g/mol. The lowest BCUT2D eigenvalue weighted by Crippen LogP contribution is -2.39. The van der Waals surface area contributed by atoms with Crippen molar-refractivity contribution >= 4 is 12.1 Å². The van der Waals surface area contributed by atoms with Crippen LogP contribution in [0.2, 0.25) is 0 Å². The van der Waals surface area contributed by atoms with E-state index in [4.69, 9.17) is 10.2 Å². The van der Waals surface area contributed by atoms with Gasteiger partial charge in [-0.1, -0.05) is 12.2 Å². The second kappa shape index (κ2) is 3.25. The van der Waals surface area contributed by atoms with Crippen LogP contribution in [0.15, 0.2) is 12.2 Å². The molecule has 1 spiro atoms. The Morgan fingerprint density at radius 1 is 1.27 bits per heavy atom. The number of hydrogen-bond acceptors (Lipinski definition) is 2.